The number of aliphatic carboxylic acids is 1. The Morgan fingerprint density at radius 3 is 2.28 bits per heavy atom. The lowest BCUT2D eigenvalue weighted by Crippen LogP contribution is -2.44. The van der Waals surface area contributed by atoms with Gasteiger partial charge in [-0.25, -0.2) is 0 Å². The Kier molecular flexibility index (Phi) is 7.04. The molecule has 0 heterocycles. The van der Waals surface area contributed by atoms with Crippen LogP contribution in [0.3, 0.4) is 0 Å². The fraction of sp³-hybridized carbons (Fsp3) is 0.438. The van der Waals surface area contributed by atoms with Crippen LogP contribution in [0.4, 0.5) is 5.69 Å². The molecule has 0 saturated carbocycles. The van der Waals surface area contributed by atoms with Gasteiger partial charge in [0.2, 0.25) is 5.91 Å². The molecule has 2 amide bonds. The van der Waals surface area contributed by atoms with Gasteiger partial charge >= 0.3 is 5.97 Å². The summed E-state index contributed by atoms with van der Waals surface area (Å²) in [5.41, 5.74) is -0.509. The van der Waals surface area contributed by atoms with Crippen LogP contribution in [-0.2, 0) is 9.59 Å². The van der Waals surface area contributed by atoms with Gasteiger partial charge in [0.25, 0.3) is 11.6 Å². The summed E-state index contributed by atoms with van der Waals surface area (Å²) in [6.07, 6.45) is 0.280. The second kappa shape index (κ2) is 8.76. The van der Waals surface area contributed by atoms with Crippen molar-refractivity contribution in [1.82, 2.24) is 10.6 Å². The Bertz CT molecular complexity index is 654. The van der Waals surface area contributed by atoms with E-state index in [1.807, 2.05) is 0 Å². The molecule has 0 aliphatic carbocycles. The average molecular weight is 351 g/mol. The lowest BCUT2D eigenvalue weighted by Gasteiger charge is -2.25. The molecule has 0 saturated heterocycles. The minimum atomic E-state index is -0.933. The van der Waals surface area contributed by atoms with Gasteiger partial charge in [-0.1, -0.05) is 0 Å². The van der Waals surface area contributed by atoms with Gasteiger partial charge in [-0.2, -0.15) is 0 Å². The Hall–Kier alpha value is -2.97. The number of carbonyl (C=O) groups is 3. The van der Waals surface area contributed by atoms with E-state index in [4.69, 9.17) is 5.11 Å². The molecule has 1 aromatic rings. The van der Waals surface area contributed by atoms with Crippen molar-refractivity contribution < 1.29 is 24.4 Å². The molecular formula is C16H21N3O6. The number of nitrogens with one attached hydrogen (secondary N) is 2. The largest absolute Gasteiger partial charge is 0.481 e. The summed E-state index contributed by atoms with van der Waals surface area (Å²) >= 11 is 0. The number of benzene rings is 1. The van der Waals surface area contributed by atoms with Gasteiger partial charge in [0, 0.05) is 42.6 Å². The number of nitrogens with zero attached hydrogens (tertiary/aromatic N) is 1. The fourth-order valence-corrected chi connectivity index (χ4v) is 2.05. The molecule has 1 aromatic carbocycles. The van der Waals surface area contributed by atoms with Crippen LogP contribution in [0.25, 0.3) is 0 Å². The summed E-state index contributed by atoms with van der Waals surface area (Å²) in [6, 6.07) is 5.13. The first kappa shape index (κ1) is 20.1. The molecule has 0 radical (unpaired) electrons. The van der Waals surface area contributed by atoms with E-state index in [1.54, 1.807) is 13.8 Å². The zero-order chi connectivity index (χ0) is 19.0. The first-order chi connectivity index (χ1) is 11.6. The standard InChI is InChI=1S/C16H21N3O6/c1-16(2,9-7-14(21)22)18-13(20)8-10-17-15(23)11-3-5-12(6-4-11)19(24)25/h3-6H,7-10H2,1-2H3,(H,17,23)(H,18,20)(H,21,22). The number of nitro benzene ring substituents is 1. The quantitative estimate of drug-likeness (QED) is 0.455. The molecule has 0 aromatic heterocycles. The van der Waals surface area contributed by atoms with Crippen LogP contribution in [0.1, 0.15) is 43.5 Å². The number of carbonyl (C=O) groups excluding carboxylic acids is 2. The van der Waals surface area contributed by atoms with Gasteiger partial charge in [-0.05, 0) is 32.4 Å². The SMILES string of the molecule is CC(C)(CCC(=O)O)NC(=O)CCNC(=O)c1ccc([N+](=O)[O-])cc1. The van der Waals surface area contributed by atoms with E-state index in [0.29, 0.717) is 6.42 Å². The highest BCUT2D eigenvalue weighted by molar-refractivity contribution is 5.94. The topological polar surface area (TPSA) is 139 Å². The Labute approximate surface area is 144 Å². The molecule has 0 bridgehead atoms. The van der Waals surface area contributed by atoms with Crippen LogP contribution in [0, 0.1) is 10.1 Å². The van der Waals surface area contributed by atoms with E-state index in [2.05, 4.69) is 10.6 Å². The summed E-state index contributed by atoms with van der Waals surface area (Å²) in [5, 5.41) is 24.5. The Balaban J connectivity index is 2.40. The first-order valence-electron chi connectivity index (χ1n) is 7.66. The number of hydrogen-bond donors (Lipinski definition) is 3. The van der Waals surface area contributed by atoms with Crippen LogP contribution < -0.4 is 10.6 Å². The van der Waals surface area contributed by atoms with Crippen LogP contribution in [0.5, 0.6) is 0 Å². The third kappa shape index (κ3) is 7.42. The second-order valence-corrected chi connectivity index (χ2v) is 6.14. The average Bonchev–Trinajstić information content (AvgIpc) is 2.52. The van der Waals surface area contributed by atoms with Crippen molar-refractivity contribution in [3.05, 3.63) is 39.9 Å². The minimum Gasteiger partial charge on any atom is -0.481 e. The third-order valence-corrected chi connectivity index (χ3v) is 3.42. The van der Waals surface area contributed by atoms with Crippen molar-refractivity contribution in [2.24, 2.45) is 0 Å². The normalized spacial score (nSPS) is 10.8. The van der Waals surface area contributed by atoms with Crippen LogP contribution in [0.2, 0.25) is 0 Å². The molecule has 0 spiro atoms. The lowest BCUT2D eigenvalue weighted by atomic mass is 9.98. The Morgan fingerprint density at radius 2 is 1.76 bits per heavy atom. The molecule has 25 heavy (non-hydrogen) atoms. The molecule has 0 unspecified atom stereocenters. The Morgan fingerprint density at radius 1 is 1.16 bits per heavy atom. The molecule has 3 N–H and O–H groups in total. The molecule has 9 nitrogen and oxygen atoms in total. The molecule has 136 valence electrons. The van der Waals surface area contributed by atoms with E-state index < -0.39 is 22.3 Å². The number of carboxylic acids is 1. The summed E-state index contributed by atoms with van der Waals surface area (Å²) in [4.78, 5) is 44.3. The van der Waals surface area contributed by atoms with E-state index in [0.717, 1.165) is 0 Å². The van der Waals surface area contributed by atoms with Gasteiger partial charge < -0.3 is 15.7 Å². The van der Waals surface area contributed by atoms with Crippen molar-refractivity contribution in [1.29, 1.82) is 0 Å². The summed E-state index contributed by atoms with van der Waals surface area (Å²) in [7, 11) is 0. The van der Waals surface area contributed by atoms with E-state index in [9.17, 15) is 24.5 Å². The van der Waals surface area contributed by atoms with Gasteiger partial charge in [-0.3, -0.25) is 24.5 Å². The van der Waals surface area contributed by atoms with Crippen molar-refractivity contribution in [3.8, 4) is 0 Å². The highest BCUT2D eigenvalue weighted by atomic mass is 16.6. The zero-order valence-electron chi connectivity index (χ0n) is 14.1. The van der Waals surface area contributed by atoms with Gasteiger partial charge in [-0.15, -0.1) is 0 Å². The van der Waals surface area contributed by atoms with Gasteiger partial charge in [0.05, 0.1) is 4.92 Å². The number of hydrogen-bond acceptors (Lipinski definition) is 5. The summed E-state index contributed by atoms with van der Waals surface area (Å²) in [6.45, 7) is 3.54. The maximum absolute atomic E-state index is 11.9. The van der Waals surface area contributed by atoms with E-state index in [-0.39, 0.29) is 36.5 Å². The maximum atomic E-state index is 11.9. The monoisotopic (exact) mass is 351 g/mol. The first-order valence-corrected chi connectivity index (χ1v) is 7.66. The van der Waals surface area contributed by atoms with Crippen LogP contribution >= 0.6 is 0 Å². The zero-order valence-corrected chi connectivity index (χ0v) is 14.1. The number of amides is 2. The molecule has 0 fully saturated rings. The van der Waals surface area contributed by atoms with Crippen LogP contribution in [0.15, 0.2) is 24.3 Å². The third-order valence-electron chi connectivity index (χ3n) is 3.42. The minimum absolute atomic E-state index is 0.0369. The molecule has 0 aliphatic rings. The number of non-ortho nitro benzene ring substituents is 1. The fourth-order valence-electron chi connectivity index (χ4n) is 2.05. The molecule has 0 aliphatic heterocycles. The van der Waals surface area contributed by atoms with E-state index >= 15 is 0 Å². The van der Waals surface area contributed by atoms with Crippen molar-refractivity contribution in [2.45, 2.75) is 38.6 Å². The van der Waals surface area contributed by atoms with Gasteiger partial charge in [0.1, 0.15) is 0 Å². The maximum Gasteiger partial charge on any atom is 0.303 e. The summed E-state index contributed by atoms with van der Waals surface area (Å²) in [5.74, 6) is -1.68. The van der Waals surface area contributed by atoms with Crippen molar-refractivity contribution >= 4 is 23.5 Å². The second-order valence-electron chi connectivity index (χ2n) is 6.14. The van der Waals surface area contributed by atoms with Gasteiger partial charge in [0.15, 0.2) is 0 Å². The number of nitro groups is 1. The molecule has 0 atom stereocenters. The highest BCUT2D eigenvalue weighted by Crippen LogP contribution is 2.12. The van der Waals surface area contributed by atoms with E-state index in [1.165, 1.54) is 24.3 Å². The molecule has 1 rings (SSSR count). The van der Waals surface area contributed by atoms with Crippen molar-refractivity contribution in [3.63, 3.8) is 0 Å². The predicted octanol–water partition coefficient (Wildman–Crippen LogP) is 1.47. The smallest absolute Gasteiger partial charge is 0.303 e. The number of carboxylic acid groups (broad SMARTS) is 1. The molecule has 9 heteroatoms. The van der Waals surface area contributed by atoms with Crippen molar-refractivity contribution in [2.75, 3.05) is 6.54 Å². The lowest BCUT2D eigenvalue weighted by molar-refractivity contribution is -0.384. The molecular weight excluding hydrogens is 330 g/mol. The number of rotatable bonds is 9. The highest BCUT2D eigenvalue weighted by Gasteiger charge is 2.21. The predicted molar refractivity (Wildman–Crippen MR) is 89.1 cm³/mol. The van der Waals surface area contributed by atoms with Crippen LogP contribution in [-0.4, -0.2) is 39.9 Å². The summed E-state index contributed by atoms with van der Waals surface area (Å²) < 4.78 is 0.